The van der Waals surface area contributed by atoms with Crippen LogP contribution in [0.3, 0.4) is 0 Å². The summed E-state index contributed by atoms with van der Waals surface area (Å²) in [5, 5.41) is 9.85. The van der Waals surface area contributed by atoms with Crippen LogP contribution in [0.5, 0.6) is 0 Å². The summed E-state index contributed by atoms with van der Waals surface area (Å²) in [5.74, 6) is -1.05. The molecule has 1 N–H and O–H groups in total. The molecule has 1 atom stereocenters. The Morgan fingerprint density at radius 3 is 1.96 bits per heavy atom. The van der Waals surface area contributed by atoms with E-state index in [1.165, 1.54) is 12.0 Å². The first-order chi connectivity index (χ1) is 12.0. The number of aliphatic carboxylic acids is 1. The summed E-state index contributed by atoms with van der Waals surface area (Å²) >= 11 is 0. The lowest BCUT2D eigenvalue weighted by atomic mass is 9.91. The SMILES string of the molecule is CC[C@@](C)(C(=O)O)N(C(=O)OC)C1c2ccccc2-c2ccccc21. The number of fused-ring (bicyclic) bond motifs is 3. The molecule has 0 unspecified atom stereocenters. The van der Waals surface area contributed by atoms with Crippen LogP contribution < -0.4 is 0 Å². The molecule has 1 aliphatic rings. The van der Waals surface area contributed by atoms with Gasteiger partial charge in [0.25, 0.3) is 0 Å². The molecule has 0 aromatic heterocycles. The van der Waals surface area contributed by atoms with Crippen molar-refractivity contribution in [2.24, 2.45) is 0 Å². The van der Waals surface area contributed by atoms with Crippen LogP contribution in [0.15, 0.2) is 48.5 Å². The number of carbonyl (C=O) groups excluding carboxylic acids is 1. The third-order valence-corrected chi connectivity index (χ3v) is 5.11. The van der Waals surface area contributed by atoms with E-state index in [0.29, 0.717) is 0 Å². The van der Waals surface area contributed by atoms with Gasteiger partial charge in [0.15, 0.2) is 0 Å². The van der Waals surface area contributed by atoms with Crippen molar-refractivity contribution in [1.29, 1.82) is 0 Å². The second kappa shape index (κ2) is 6.24. The Kier molecular flexibility index (Phi) is 4.25. The number of amides is 1. The number of hydrogen-bond donors (Lipinski definition) is 1. The van der Waals surface area contributed by atoms with Gasteiger partial charge in [0.1, 0.15) is 5.54 Å². The summed E-state index contributed by atoms with van der Waals surface area (Å²) in [6.07, 6.45) is -0.388. The number of rotatable bonds is 4. The van der Waals surface area contributed by atoms with Gasteiger partial charge >= 0.3 is 12.1 Å². The van der Waals surface area contributed by atoms with E-state index in [0.717, 1.165) is 22.3 Å². The van der Waals surface area contributed by atoms with E-state index in [1.807, 2.05) is 48.5 Å². The van der Waals surface area contributed by atoms with Crippen molar-refractivity contribution in [3.05, 3.63) is 59.7 Å². The van der Waals surface area contributed by atoms with Crippen molar-refractivity contribution in [3.8, 4) is 11.1 Å². The predicted octanol–water partition coefficient (Wildman–Crippen LogP) is 4.08. The van der Waals surface area contributed by atoms with Gasteiger partial charge in [-0.05, 0) is 35.6 Å². The average Bonchev–Trinajstić information content (AvgIpc) is 2.96. The number of methoxy groups -OCH3 is 1. The predicted molar refractivity (Wildman–Crippen MR) is 94.3 cm³/mol. The minimum atomic E-state index is -1.39. The maximum absolute atomic E-state index is 12.7. The Balaban J connectivity index is 2.27. The summed E-state index contributed by atoms with van der Waals surface area (Å²) in [6, 6.07) is 15.0. The van der Waals surface area contributed by atoms with Crippen LogP contribution in [0.25, 0.3) is 11.1 Å². The molecule has 0 aliphatic heterocycles. The van der Waals surface area contributed by atoms with E-state index in [1.54, 1.807) is 13.8 Å². The van der Waals surface area contributed by atoms with Crippen molar-refractivity contribution >= 4 is 12.1 Å². The van der Waals surface area contributed by atoms with Crippen molar-refractivity contribution in [2.45, 2.75) is 31.8 Å². The molecule has 0 bridgehead atoms. The monoisotopic (exact) mass is 339 g/mol. The summed E-state index contributed by atoms with van der Waals surface area (Å²) in [7, 11) is 1.28. The fraction of sp³-hybridized carbons (Fsp3) is 0.300. The average molecular weight is 339 g/mol. The Morgan fingerprint density at radius 2 is 1.56 bits per heavy atom. The van der Waals surface area contributed by atoms with Crippen LogP contribution in [0.1, 0.15) is 37.4 Å². The quantitative estimate of drug-likeness (QED) is 0.911. The van der Waals surface area contributed by atoms with E-state index in [4.69, 9.17) is 4.74 Å². The normalized spacial score (nSPS) is 15.0. The van der Waals surface area contributed by atoms with E-state index >= 15 is 0 Å². The Morgan fingerprint density at radius 1 is 1.08 bits per heavy atom. The van der Waals surface area contributed by atoms with Crippen LogP contribution in [0.4, 0.5) is 4.79 Å². The first kappa shape index (κ1) is 17.0. The maximum Gasteiger partial charge on any atom is 0.411 e. The fourth-order valence-corrected chi connectivity index (χ4v) is 3.52. The van der Waals surface area contributed by atoms with E-state index < -0.39 is 23.6 Å². The van der Waals surface area contributed by atoms with Gasteiger partial charge in [-0.3, -0.25) is 4.90 Å². The highest BCUT2D eigenvalue weighted by atomic mass is 16.5. The summed E-state index contributed by atoms with van der Waals surface area (Å²) in [6.45, 7) is 3.33. The molecule has 0 heterocycles. The zero-order chi connectivity index (χ0) is 18.2. The molecule has 0 saturated carbocycles. The number of hydrogen-bond acceptors (Lipinski definition) is 3. The number of benzene rings is 2. The molecule has 3 rings (SSSR count). The minimum absolute atomic E-state index is 0.262. The highest BCUT2D eigenvalue weighted by Gasteiger charge is 2.48. The Labute approximate surface area is 146 Å². The third kappa shape index (κ3) is 2.47. The zero-order valence-electron chi connectivity index (χ0n) is 14.5. The fourth-order valence-electron chi connectivity index (χ4n) is 3.52. The van der Waals surface area contributed by atoms with Gasteiger partial charge in [-0.25, -0.2) is 9.59 Å². The number of carbonyl (C=O) groups is 2. The van der Waals surface area contributed by atoms with Crippen molar-refractivity contribution in [2.75, 3.05) is 7.11 Å². The standard InChI is InChI=1S/C20H21NO4/c1-4-20(2,18(22)23)21(19(24)25-3)17-15-11-7-5-9-13(15)14-10-6-8-12-16(14)17/h5-12,17H,4H2,1-3H3,(H,22,23)/t20-/m0/s1. The number of carboxylic acids is 1. The number of nitrogens with zero attached hydrogens (tertiary/aromatic N) is 1. The lowest BCUT2D eigenvalue weighted by Gasteiger charge is -2.40. The Bertz CT molecular complexity index is 786. The largest absolute Gasteiger partial charge is 0.480 e. The van der Waals surface area contributed by atoms with Crippen molar-refractivity contribution in [1.82, 2.24) is 4.90 Å². The Hall–Kier alpha value is -2.82. The van der Waals surface area contributed by atoms with Gasteiger partial charge in [-0.2, -0.15) is 0 Å². The minimum Gasteiger partial charge on any atom is -0.480 e. The van der Waals surface area contributed by atoms with Crippen molar-refractivity contribution in [3.63, 3.8) is 0 Å². The molecule has 0 radical (unpaired) electrons. The second-order valence-corrected chi connectivity index (χ2v) is 6.35. The molecule has 25 heavy (non-hydrogen) atoms. The molecule has 5 nitrogen and oxygen atoms in total. The maximum atomic E-state index is 12.7. The molecule has 0 fully saturated rings. The molecule has 0 spiro atoms. The highest BCUT2D eigenvalue weighted by molar-refractivity contribution is 5.87. The molecular formula is C20H21NO4. The molecule has 2 aromatic carbocycles. The van der Waals surface area contributed by atoms with Gasteiger partial charge in [0, 0.05) is 0 Å². The van der Waals surface area contributed by atoms with Gasteiger partial charge in [0.05, 0.1) is 13.2 Å². The lowest BCUT2D eigenvalue weighted by Crippen LogP contribution is -2.56. The van der Waals surface area contributed by atoms with Crippen LogP contribution in [0.2, 0.25) is 0 Å². The summed E-state index contributed by atoms with van der Waals surface area (Å²) in [4.78, 5) is 26.1. The van der Waals surface area contributed by atoms with Crippen LogP contribution >= 0.6 is 0 Å². The molecule has 1 aliphatic carbocycles. The highest BCUT2D eigenvalue weighted by Crippen LogP contribution is 2.48. The van der Waals surface area contributed by atoms with Crippen molar-refractivity contribution < 1.29 is 19.4 Å². The smallest absolute Gasteiger partial charge is 0.411 e. The molecule has 5 heteroatoms. The third-order valence-electron chi connectivity index (χ3n) is 5.11. The van der Waals surface area contributed by atoms with Gasteiger partial charge in [-0.15, -0.1) is 0 Å². The van der Waals surface area contributed by atoms with Crippen LogP contribution in [-0.2, 0) is 9.53 Å². The molecule has 130 valence electrons. The first-order valence-corrected chi connectivity index (χ1v) is 8.24. The van der Waals surface area contributed by atoms with E-state index in [9.17, 15) is 14.7 Å². The molecule has 2 aromatic rings. The zero-order valence-corrected chi connectivity index (χ0v) is 14.5. The number of carboxylic acid groups (broad SMARTS) is 1. The first-order valence-electron chi connectivity index (χ1n) is 8.24. The van der Waals surface area contributed by atoms with Crippen LogP contribution in [-0.4, -0.2) is 34.7 Å². The molecule has 0 saturated heterocycles. The second-order valence-electron chi connectivity index (χ2n) is 6.35. The number of ether oxygens (including phenoxy) is 1. The van der Waals surface area contributed by atoms with Gasteiger partial charge in [0.2, 0.25) is 0 Å². The lowest BCUT2D eigenvalue weighted by molar-refractivity contribution is -0.150. The molecular weight excluding hydrogens is 318 g/mol. The topological polar surface area (TPSA) is 66.8 Å². The summed E-state index contributed by atoms with van der Waals surface area (Å²) < 4.78 is 4.98. The van der Waals surface area contributed by atoms with Crippen LogP contribution in [0, 0.1) is 0 Å². The summed E-state index contributed by atoms with van der Waals surface area (Å²) in [5.41, 5.74) is 2.47. The van der Waals surface area contributed by atoms with Gasteiger partial charge in [-0.1, -0.05) is 55.5 Å². The molecule has 1 amide bonds. The van der Waals surface area contributed by atoms with E-state index in [-0.39, 0.29) is 6.42 Å². The van der Waals surface area contributed by atoms with Gasteiger partial charge < -0.3 is 9.84 Å². The van der Waals surface area contributed by atoms with E-state index in [2.05, 4.69) is 0 Å².